The highest BCUT2D eigenvalue weighted by Crippen LogP contribution is 2.26. The summed E-state index contributed by atoms with van der Waals surface area (Å²) in [4.78, 5) is 24.2. The minimum atomic E-state index is -1.00. The summed E-state index contributed by atoms with van der Waals surface area (Å²) >= 11 is 0. The van der Waals surface area contributed by atoms with E-state index < -0.39 is 11.6 Å². The van der Waals surface area contributed by atoms with E-state index in [1.165, 1.54) is 0 Å². The van der Waals surface area contributed by atoms with Crippen molar-refractivity contribution in [1.29, 1.82) is 0 Å². The summed E-state index contributed by atoms with van der Waals surface area (Å²) in [6.07, 6.45) is 0.987. The van der Waals surface area contributed by atoms with Gasteiger partial charge in [0.15, 0.2) is 0 Å². The van der Waals surface area contributed by atoms with Crippen molar-refractivity contribution in [2.75, 3.05) is 19.7 Å². The number of ether oxygens (including phenoxy) is 1. The van der Waals surface area contributed by atoms with Crippen LogP contribution in [0, 0.1) is 13.8 Å². The molecule has 2 heterocycles. The van der Waals surface area contributed by atoms with Gasteiger partial charge in [0, 0.05) is 12.0 Å². The number of nitrogens with zero attached hydrogens (tertiary/aromatic N) is 2. The van der Waals surface area contributed by atoms with E-state index in [9.17, 15) is 9.59 Å². The van der Waals surface area contributed by atoms with Crippen LogP contribution >= 0.6 is 0 Å². The average Bonchev–Trinajstić information content (AvgIpc) is 2.70. The van der Waals surface area contributed by atoms with Crippen LogP contribution in [0.1, 0.15) is 30.4 Å². The van der Waals surface area contributed by atoms with Gasteiger partial charge in [0.2, 0.25) is 5.91 Å². The Labute approximate surface area is 122 Å². The first-order valence-corrected chi connectivity index (χ1v) is 6.86. The minimum Gasteiger partial charge on any atom is -0.480 e. The van der Waals surface area contributed by atoms with E-state index >= 15 is 0 Å². The molecule has 0 atom stereocenters. The van der Waals surface area contributed by atoms with Gasteiger partial charge in [-0.05, 0) is 27.2 Å². The molecule has 1 saturated heterocycles. The Morgan fingerprint density at radius 2 is 2.10 bits per heavy atom. The van der Waals surface area contributed by atoms with Crippen LogP contribution in [0.15, 0.2) is 4.52 Å². The maximum absolute atomic E-state index is 12.1. The predicted molar refractivity (Wildman–Crippen MR) is 72.9 cm³/mol. The third-order valence-electron chi connectivity index (χ3n) is 3.72. The SMILES string of the molecule is Cc1noc(C)c1CCC(=O)N1CC(C)(OCC(=O)O)C1. The first-order valence-electron chi connectivity index (χ1n) is 6.86. The van der Waals surface area contributed by atoms with Gasteiger partial charge in [0.25, 0.3) is 0 Å². The number of hydrogen-bond donors (Lipinski definition) is 1. The zero-order valence-electron chi connectivity index (χ0n) is 12.5. The van der Waals surface area contributed by atoms with Crippen molar-refractivity contribution in [3.63, 3.8) is 0 Å². The summed E-state index contributed by atoms with van der Waals surface area (Å²) in [5, 5.41) is 12.5. The Hall–Kier alpha value is -1.89. The second-order valence-corrected chi connectivity index (χ2v) is 5.68. The van der Waals surface area contributed by atoms with Gasteiger partial charge in [0.1, 0.15) is 18.0 Å². The molecule has 0 spiro atoms. The van der Waals surface area contributed by atoms with Crippen LogP contribution in [0.3, 0.4) is 0 Å². The number of carbonyl (C=O) groups is 2. The summed E-state index contributed by atoms with van der Waals surface area (Å²) in [6.45, 7) is 6.03. The number of carbonyl (C=O) groups excluding carboxylic acids is 1. The maximum Gasteiger partial charge on any atom is 0.329 e. The quantitative estimate of drug-likeness (QED) is 0.839. The maximum atomic E-state index is 12.1. The minimum absolute atomic E-state index is 0.0337. The van der Waals surface area contributed by atoms with Crippen molar-refractivity contribution in [3.8, 4) is 0 Å². The van der Waals surface area contributed by atoms with E-state index in [-0.39, 0.29) is 12.5 Å². The molecule has 0 radical (unpaired) electrons. The van der Waals surface area contributed by atoms with Gasteiger partial charge >= 0.3 is 5.97 Å². The summed E-state index contributed by atoms with van der Waals surface area (Å²) in [5.74, 6) is -0.218. The predicted octanol–water partition coefficient (Wildman–Crippen LogP) is 0.926. The molecule has 116 valence electrons. The van der Waals surface area contributed by atoms with E-state index in [2.05, 4.69) is 5.16 Å². The number of rotatable bonds is 6. The van der Waals surface area contributed by atoms with Gasteiger partial charge in [-0.15, -0.1) is 0 Å². The molecule has 1 aliphatic heterocycles. The second kappa shape index (κ2) is 5.85. The standard InChI is InChI=1S/C14H20N2O5/c1-9-11(10(2)21-15-9)4-5-12(17)16-7-14(3,8-16)20-6-13(18)19/h4-8H2,1-3H3,(H,18,19). The molecule has 1 amide bonds. The highest BCUT2D eigenvalue weighted by atomic mass is 16.5. The fraction of sp³-hybridized carbons (Fsp3) is 0.643. The Morgan fingerprint density at radius 1 is 1.43 bits per heavy atom. The van der Waals surface area contributed by atoms with Crippen LogP contribution in [-0.4, -0.2) is 52.3 Å². The van der Waals surface area contributed by atoms with Crippen LogP contribution in [-0.2, 0) is 20.7 Å². The molecule has 1 aliphatic rings. The number of carboxylic acid groups (broad SMARTS) is 1. The molecule has 0 unspecified atom stereocenters. The number of aliphatic carboxylic acids is 1. The summed E-state index contributed by atoms with van der Waals surface area (Å²) in [5.41, 5.74) is 1.25. The van der Waals surface area contributed by atoms with Crippen molar-refractivity contribution < 1.29 is 24.0 Å². The van der Waals surface area contributed by atoms with Gasteiger partial charge in [-0.25, -0.2) is 4.79 Å². The van der Waals surface area contributed by atoms with E-state index in [4.69, 9.17) is 14.4 Å². The van der Waals surface area contributed by atoms with Crippen LogP contribution in [0.5, 0.6) is 0 Å². The molecule has 0 aromatic carbocycles. The Bertz CT molecular complexity index is 526. The van der Waals surface area contributed by atoms with Crippen LogP contribution in [0.2, 0.25) is 0 Å². The lowest BCUT2D eigenvalue weighted by Crippen LogP contribution is -2.63. The van der Waals surface area contributed by atoms with Gasteiger partial charge in [0.05, 0.1) is 18.8 Å². The third-order valence-corrected chi connectivity index (χ3v) is 3.72. The molecule has 2 rings (SSSR count). The van der Waals surface area contributed by atoms with Gasteiger partial charge in [-0.2, -0.15) is 0 Å². The molecule has 1 aromatic rings. The van der Waals surface area contributed by atoms with Crippen LogP contribution in [0.25, 0.3) is 0 Å². The molecule has 1 aromatic heterocycles. The number of aryl methyl sites for hydroxylation is 2. The molecule has 1 N–H and O–H groups in total. The Morgan fingerprint density at radius 3 is 2.62 bits per heavy atom. The Balaban J connectivity index is 1.78. The van der Waals surface area contributed by atoms with Crippen molar-refractivity contribution in [2.24, 2.45) is 0 Å². The number of carboxylic acids is 1. The topological polar surface area (TPSA) is 92.9 Å². The molecule has 1 fully saturated rings. The fourth-order valence-electron chi connectivity index (χ4n) is 2.51. The lowest BCUT2D eigenvalue weighted by atomic mass is 9.95. The van der Waals surface area contributed by atoms with E-state index in [0.717, 1.165) is 17.0 Å². The lowest BCUT2D eigenvalue weighted by molar-refractivity contribution is -0.173. The van der Waals surface area contributed by atoms with Crippen molar-refractivity contribution >= 4 is 11.9 Å². The molecular formula is C14H20N2O5. The molecule has 0 bridgehead atoms. The number of hydrogen-bond acceptors (Lipinski definition) is 5. The lowest BCUT2D eigenvalue weighted by Gasteiger charge is -2.47. The number of aromatic nitrogens is 1. The zero-order chi connectivity index (χ0) is 15.6. The average molecular weight is 296 g/mol. The molecule has 7 nitrogen and oxygen atoms in total. The van der Waals surface area contributed by atoms with Gasteiger partial charge < -0.3 is 19.3 Å². The van der Waals surface area contributed by atoms with E-state index in [1.807, 2.05) is 20.8 Å². The molecule has 21 heavy (non-hydrogen) atoms. The van der Waals surface area contributed by atoms with E-state index in [0.29, 0.717) is 25.9 Å². The largest absolute Gasteiger partial charge is 0.480 e. The molecular weight excluding hydrogens is 276 g/mol. The van der Waals surface area contributed by atoms with Gasteiger partial charge in [-0.3, -0.25) is 4.79 Å². The number of amides is 1. The zero-order valence-corrected chi connectivity index (χ0v) is 12.5. The molecule has 0 aliphatic carbocycles. The smallest absolute Gasteiger partial charge is 0.329 e. The normalized spacial score (nSPS) is 16.6. The highest BCUT2D eigenvalue weighted by molar-refractivity contribution is 5.77. The molecule has 7 heteroatoms. The molecule has 0 saturated carbocycles. The van der Waals surface area contributed by atoms with Gasteiger partial charge in [-0.1, -0.05) is 5.16 Å². The fourth-order valence-corrected chi connectivity index (χ4v) is 2.51. The van der Waals surface area contributed by atoms with Crippen molar-refractivity contribution in [3.05, 3.63) is 17.0 Å². The summed E-state index contributed by atoms with van der Waals surface area (Å²) in [7, 11) is 0. The van der Waals surface area contributed by atoms with Crippen LogP contribution in [0.4, 0.5) is 0 Å². The highest BCUT2D eigenvalue weighted by Gasteiger charge is 2.42. The third kappa shape index (κ3) is 3.60. The van der Waals surface area contributed by atoms with Crippen molar-refractivity contribution in [2.45, 2.75) is 39.2 Å². The monoisotopic (exact) mass is 296 g/mol. The number of likely N-dealkylation sites (tertiary alicyclic amines) is 1. The summed E-state index contributed by atoms with van der Waals surface area (Å²) in [6, 6.07) is 0. The first kappa shape index (κ1) is 15.5. The summed E-state index contributed by atoms with van der Waals surface area (Å²) < 4.78 is 10.3. The van der Waals surface area contributed by atoms with E-state index in [1.54, 1.807) is 4.90 Å². The first-order chi connectivity index (χ1) is 9.81. The second-order valence-electron chi connectivity index (χ2n) is 5.68. The Kier molecular flexibility index (Phi) is 4.32. The van der Waals surface area contributed by atoms with Crippen molar-refractivity contribution in [1.82, 2.24) is 10.1 Å². The van der Waals surface area contributed by atoms with Crippen LogP contribution < -0.4 is 0 Å².